The zero-order valence-electron chi connectivity index (χ0n) is 16.3. The van der Waals surface area contributed by atoms with Crippen molar-refractivity contribution in [3.05, 3.63) is 24.3 Å². The van der Waals surface area contributed by atoms with Gasteiger partial charge in [0.1, 0.15) is 0 Å². The lowest BCUT2D eigenvalue weighted by molar-refractivity contribution is -0.126. The average Bonchev–Trinajstić information content (AvgIpc) is 2.68. The number of nitrogens with zero attached hydrogens (tertiary/aromatic N) is 2. The first-order chi connectivity index (χ1) is 13.1. The molecule has 1 aliphatic heterocycles. The summed E-state index contributed by atoms with van der Waals surface area (Å²) in [4.78, 5) is 12.3. The lowest BCUT2D eigenvalue weighted by Gasteiger charge is -2.31. The van der Waals surface area contributed by atoms with Crippen LogP contribution in [-0.4, -0.2) is 78.8 Å². The molecule has 1 aromatic carbocycles. The van der Waals surface area contributed by atoms with Gasteiger partial charge in [0.25, 0.3) is 0 Å². The van der Waals surface area contributed by atoms with E-state index in [0.29, 0.717) is 32.5 Å². The van der Waals surface area contributed by atoms with Gasteiger partial charge in [0, 0.05) is 40.8 Å². The second kappa shape index (κ2) is 9.31. The quantitative estimate of drug-likeness (QED) is 0.582. The average molecular weight is 434 g/mol. The lowest BCUT2D eigenvalue weighted by atomic mass is 9.99. The van der Waals surface area contributed by atoms with E-state index in [-0.39, 0.29) is 22.2 Å². The van der Waals surface area contributed by atoms with Crippen LogP contribution in [0.1, 0.15) is 12.8 Å². The summed E-state index contributed by atoms with van der Waals surface area (Å²) in [5.41, 5.74) is 0. The summed E-state index contributed by atoms with van der Waals surface area (Å²) in [5.74, 6) is -0.613. The molecule has 1 N–H and O–H groups in total. The number of benzene rings is 1. The van der Waals surface area contributed by atoms with Crippen LogP contribution in [0, 0.1) is 5.92 Å². The van der Waals surface area contributed by atoms with Gasteiger partial charge in [0.05, 0.1) is 22.3 Å². The molecule has 1 amide bonds. The van der Waals surface area contributed by atoms with Crippen molar-refractivity contribution in [3.63, 3.8) is 0 Å². The maximum atomic E-state index is 12.9. The molecule has 0 saturated carbocycles. The summed E-state index contributed by atoms with van der Waals surface area (Å²) in [6.45, 7) is 1.18. The van der Waals surface area contributed by atoms with Gasteiger partial charge in [-0.15, -0.1) is 0 Å². The van der Waals surface area contributed by atoms with Crippen molar-refractivity contribution in [2.75, 3.05) is 47.4 Å². The Balaban J connectivity index is 2.14. The molecule has 1 fully saturated rings. The predicted molar refractivity (Wildman–Crippen MR) is 104 cm³/mol. The Labute approximate surface area is 166 Å². The molecular formula is C17H27N3O6S2. The molecule has 0 aliphatic carbocycles. The summed E-state index contributed by atoms with van der Waals surface area (Å²) < 4.78 is 57.4. The molecule has 0 radical (unpaired) electrons. The van der Waals surface area contributed by atoms with Crippen molar-refractivity contribution in [1.29, 1.82) is 0 Å². The molecule has 9 nitrogen and oxygen atoms in total. The summed E-state index contributed by atoms with van der Waals surface area (Å²) in [7, 11) is -3.09. The normalized spacial score (nSPS) is 18.9. The van der Waals surface area contributed by atoms with Crippen molar-refractivity contribution < 1.29 is 26.4 Å². The van der Waals surface area contributed by atoms with Crippen LogP contribution in [0.5, 0.6) is 0 Å². The minimum absolute atomic E-state index is 0.00523. The number of hydrogen-bond acceptors (Lipinski definition) is 6. The third-order valence-corrected chi connectivity index (χ3v) is 8.31. The molecule has 1 heterocycles. The van der Waals surface area contributed by atoms with E-state index < -0.39 is 26.0 Å². The summed E-state index contributed by atoms with van der Waals surface area (Å²) >= 11 is 0. The predicted octanol–water partition coefficient (Wildman–Crippen LogP) is 0.100. The molecule has 11 heteroatoms. The van der Waals surface area contributed by atoms with E-state index in [1.54, 1.807) is 0 Å². The number of piperidine rings is 1. The zero-order valence-corrected chi connectivity index (χ0v) is 17.9. The molecule has 0 unspecified atom stereocenters. The van der Waals surface area contributed by atoms with Crippen molar-refractivity contribution in [3.8, 4) is 0 Å². The first kappa shape index (κ1) is 22.8. The molecule has 28 heavy (non-hydrogen) atoms. The van der Waals surface area contributed by atoms with Crippen LogP contribution in [0.25, 0.3) is 0 Å². The molecule has 0 spiro atoms. The van der Waals surface area contributed by atoms with E-state index in [1.165, 1.54) is 49.8 Å². The van der Waals surface area contributed by atoms with Gasteiger partial charge in [-0.05, 0) is 37.1 Å². The number of rotatable bonds is 8. The molecule has 1 aromatic rings. The molecule has 0 aromatic heterocycles. The number of nitrogens with one attached hydrogen (secondary N) is 1. The Hall–Kier alpha value is -1.53. The van der Waals surface area contributed by atoms with Gasteiger partial charge in [0.2, 0.25) is 26.0 Å². The van der Waals surface area contributed by atoms with Crippen LogP contribution >= 0.6 is 0 Å². The van der Waals surface area contributed by atoms with Crippen molar-refractivity contribution >= 4 is 26.0 Å². The van der Waals surface area contributed by atoms with Gasteiger partial charge in [-0.3, -0.25) is 4.79 Å². The number of ether oxygens (including phenoxy) is 1. The Morgan fingerprint density at radius 3 is 2.36 bits per heavy atom. The fourth-order valence-electron chi connectivity index (χ4n) is 2.94. The van der Waals surface area contributed by atoms with Crippen LogP contribution in [-0.2, 0) is 29.6 Å². The SMILES string of the molecule is COCCNC(=O)[C@@H]1CCCN(S(=O)(=O)c2ccc(S(=O)(=O)N(C)C)cc2)C1. The highest BCUT2D eigenvalue weighted by Gasteiger charge is 2.33. The molecule has 0 bridgehead atoms. The second-order valence-corrected chi connectivity index (χ2v) is 10.8. The van der Waals surface area contributed by atoms with E-state index in [9.17, 15) is 21.6 Å². The fourth-order valence-corrected chi connectivity index (χ4v) is 5.36. The third kappa shape index (κ3) is 5.09. The molecule has 1 atom stereocenters. The monoisotopic (exact) mass is 433 g/mol. The highest BCUT2D eigenvalue weighted by Crippen LogP contribution is 2.25. The van der Waals surface area contributed by atoms with Gasteiger partial charge in [-0.25, -0.2) is 21.1 Å². The molecule has 2 rings (SSSR count). The number of carbonyl (C=O) groups excluding carboxylic acids is 1. The van der Waals surface area contributed by atoms with Crippen molar-refractivity contribution in [2.45, 2.75) is 22.6 Å². The number of carbonyl (C=O) groups is 1. The second-order valence-electron chi connectivity index (χ2n) is 6.74. The topological polar surface area (TPSA) is 113 Å². The van der Waals surface area contributed by atoms with Gasteiger partial charge >= 0.3 is 0 Å². The Morgan fingerprint density at radius 2 is 1.79 bits per heavy atom. The van der Waals surface area contributed by atoms with E-state index in [0.717, 1.165) is 4.31 Å². The smallest absolute Gasteiger partial charge is 0.243 e. The van der Waals surface area contributed by atoms with Gasteiger partial charge in [-0.1, -0.05) is 0 Å². The number of sulfonamides is 2. The molecule has 1 aliphatic rings. The minimum Gasteiger partial charge on any atom is -0.383 e. The highest BCUT2D eigenvalue weighted by atomic mass is 32.2. The fraction of sp³-hybridized carbons (Fsp3) is 0.588. The number of hydrogen-bond donors (Lipinski definition) is 1. The van der Waals surface area contributed by atoms with Crippen LogP contribution in [0.3, 0.4) is 0 Å². The summed E-state index contributed by atoms with van der Waals surface area (Å²) in [6, 6.07) is 5.13. The van der Waals surface area contributed by atoms with Crippen molar-refractivity contribution in [2.24, 2.45) is 5.92 Å². The Kier molecular flexibility index (Phi) is 7.57. The Morgan fingerprint density at radius 1 is 1.18 bits per heavy atom. The van der Waals surface area contributed by atoms with Crippen LogP contribution < -0.4 is 5.32 Å². The molecular weight excluding hydrogens is 406 g/mol. The largest absolute Gasteiger partial charge is 0.383 e. The maximum Gasteiger partial charge on any atom is 0.243 e. The van der Waals surface area contributed by atoms with Gasteiger partial charge in [-0.2, -0.15) is 4.31 Å². The van der Waals surface area contributed by atoms with Gasteiger partial charge < -0.3 is 10.1 Å². The number of amides is 1. The van der Waals surface area contributed by atoms with Gasteiger partial charge in [0.15, 0.2) is 0 Å². The standard InChI is InChI=1S/C17H27N3O6S2/c1-19(2)27(22,23)15-6-8-16(9-7-15)28(24,25)20-11-4-5-14(13-20)17(21)18-10-12-26-3/h6-9,14H,4-5,10-13H2,1-3H3,(H,18,21)/t14-/m1/s1. The number of methoxy groups -OCH3 is 1. The zero-order chi connectivity index (χ0) is 20.9. The van der Waals surface area contributed by atoms with E-state index in [4.69, 9.17) is 4.74 Å². The van der Waals surface area contributed by atoms with E-state index in [2.05, 4.69) is 5.32 Å². The summed E-state index contributed by atoms with van der Waals surface area (Å²) in [5, 5.41) is 2.74. The first-order valence-electron chi connectivity index (χ1n) is 8.90. The summed E-state index contributed by atoms with van der Waals surface area (Å²) in [6.07, 6.45) is 1.19. The molecule has 1 saturated heterocycles. The molecule has 158 valence electrons. The van der Waals surface area contributed by atoms with Crippen LogP contribution in [0.15, 0.2) is 34.1 Å². The minimum atomic E-state index is -3.82. The van der Waals surface area contributed by atoms with E-state index in [1.807, 2.05) is 0 Å². The maximum absolute atomic E-state index is 12.9. The first-order valence-corrected chi connectivity index (χ1v) is 11.8. The third-order valence-electron chi connectivity index (χ3n) is 4.60. The Bertz CT molecular complexity index is 882. The van der Waals surface area contributed by atoms with Crippen LogP contribution in [0.4, 0.5) is 0 Å². The van der Waals surface area contributed by atoms with Crippen LogP contribution in [0.2, 0.25) is 0 Å². The van der Waals surface area contributed by atoms with Crippen molar-refractivity contribution in [1.82, 2.24) is 13.9 Å². The highest BCUT2D eigenvalue weighted by molar-refractivity contribution is 7.89. The lowest BCUT2D eigenvalue weighted by Crippen LogP contribution is -2.45. The van der Waals surface area contributed by atoms with E-state index >= 15 is 0 Å².